The summed E-state index contributed by atoms with van der Waals surface area (Å²) in [6.45, 7) is 0. The Bertz CT molecular complexity index is 2470. The fraction of sp³-hybridized carbons (Fsp3) is 0. The Kier molecular flexibility index (Phi) is 6.54. The van der Waals surface area contributed by atoms with Crippen LogP contribution in [0.25, 0.3) is 76.5 Å². The highest BCUT2D eigenvalue weighted by molar-refractivity contribution is 6.68. The highest BCUT2D eigenvalue weighted by atomic mass is 14.2. The SMILES string of the molecule is [B]c1c([B])c([B])c(-c2ccc3c(-c4ccc5ccccc5c4)c4ccccc4c(-c4ccc5ccccc5c4)c3c2)c([B])c1[B]. The molecule has 0 unspecified atom stereocenters. The van der Waals surface area contributed by atoms with E-state index in [1.165, 1.54) is 32.5 Å². The summed E-state index contributed by atoms with van der Waals surface area (Å²) in [5, 5.41) is 9.27. The molecule has 196 valence electrons. The molecule has 8 aromatic rings. The molecule has 0 atom stereocenters. The topological polar surface area (TPSA) is 0 Å². The average Bonchev–Trinajstić information content (AvgIpc) is 3.08. The lowest BCUT2D eigenvalue weighted by Gasteiger charge is -2.23. The van der Waals surface area contributed by atoms with E-state index in [4.69, 9.17) is 39.2 Å². The first kappa shape index (κ1) is 27.7. The Labute approximate surface area is 269 Å². The van der Waals surface area contributed by atoms with Crippen molar-refractivity contribution in [3.8, 4) is 33.4 Å². The smallest absolute Gasteiger partial charge is 0.112 e. The van der Waals surface area contributed by atoms with Gasteiger partial charge in [0.05, 0.1) is 0 Å². The van der Waals surface area contributed by atoms with Gasteiger partial charge in [-0.05, 0) is 94.7 Å². The van der Waals surface area contributed by atoms with Crippen LogP contribution >= 0.6 is 0 Å². The van der Waals surface area contributed by atoms with E-state index < -0.39 is 0 Å². The zero-order chi connectivity index (χ0) is 30.8. The van der Waals surface area contributed by atoms with Crippen molar-refractivity contribution in [2.24, 2.45) is 0 Å². The van der Waals surface area contributed by atoms with E-state index in [0.717, 1.165) is 38.4 Å². The van der Waals surface area contributed by atoms with E-state index in [9.17, 15) is 0 Å². The molecule has 45 heavy (non-hydrogen) atoms. The first-order chi connectivity index (χ1) is 21.9. The van der Waals surface area contributed by atoms with Gasteiger partial charge in [-0.25, -0.2) is 0 Å². The molecule has 0 amide bonds. The van der Waals surface area contributed by atoms with Crippen LogP contribution in [0.4, 0.5) is 0 Å². The summed E-state index contributed by atoms with van der Waals surface area (Å²) in [5.74, 6) is 0. The highest BCUT2D eigenvalue weighted by Gasteiger charge is 2.19. The normalized spacial score (nSPS) is 11.6. The van der Waals surface area contributed by atoms with E-state index in [-0.39, 0.29) is 16.4 Å². The zero-order valence-corrected chi connectivity index (χ0v) is 24.5. The summed E-state index contributed by atoms with van der Waals surface area (Å²) in [5.41, 5.74) is 7.29. The van der Waals surface area contributed by atoms with Gasteiger partial charge in [0.1, 0.15) is 39.2 Å². The van der Waals surface area contributed by atoms with Gasteiger partial charge in [0.25, 0.3) is 0 Å². The fourth-order valence-corrected chi connectivity index (χ4v) is 6.81. The molecule has 0 heterocycles. The minimum atomic E-state index is 0.205. The van der Waals surface area contributed by atoms with Crippen molar-refractivity contribution in [3.63, 3.8) is 0 Å². The maximum Gasteiger partial charge on any atom is 0.113 e. The maximum atomic E-state index is 6.56. The Morgan fingerprint density at radius 1 is 0.267 bits per heavy atom. The molecule has 0 bridgehead atoms. The summed E-state index contributed by atoms with van der Waals surface area (Å²) in [6.07, 6.45) is 0. The molecular formula is C40H21B5. The van der Waals surface area contributed by atoms with Crippen molar-refractivity contribution in [1.82, 2.24) is 0 Å². The van der Waals surface area contributed by atoms with Crippen molar-refractivity contribution >= 4 is 110 Å². The van der Waals surface area contributed by atoms with Crippen LogP contribution in [-0.2, 0) is 0 Å². The second-order valence-electron chi connectivity index (χ2n) is 11.6. The molecular weight excluding hydrogens is 535 g/mol. The van der Waals surface area contributed by atoms with E-state index in [1.54, 1.807) is 0 Å². The zero-order valence-electron chi connectivity index (χ0n) is 24.5. The van der Waals surface area contributed by atoms with Crippen molar-refractivity contribution in [2.75, 3.05) is 0 Å². The van der Waals surface area contributed by atoms with E-state index in [2.05, 4.69) is 121 Å². The highest BCUT2D eigenvalue weighted by Crippen LogP contribution is 2.45. The first-order valence-electron chi connectivity index (χ1n) is 14.9. The largest absolute Gasteiger partial charge is 0.113 e. The number of fused-ring (bicyclic) bond motifs is 4. The van der Waals surface area contributed by atoms with Crippen molar-refractivity contribution in [3.05, 3.63) is 127 Å². The van der Waals surface area contributed by atoms with Crippen LogP contribution in [-0.4, -0.2) is 39.2 Å². The molecule has 0 aromatic heterocycles. The molecule has 0 aliphatic rings. The van der Waals surface area contributed by atoms with Crippen molar-refractivity contribution < 1.29 is 0 Å². The lowest BCUT2D eigenvalue weighted by Crippen LogP contribution is -2.55. The summed E-state index contributed by atoms with van der Waals surface area (Å²) in [4.78, 5) is 0. The predicted molar refractivity (Wildman–Crippen MR) is 200 cm³/mol. The number of hydrogen-bond donors (Lipinski definition) is 0. The molecule has 5 heteroatoms. The van der Waals surface area contributed by atoms with Gasteiger partial charge in [0.15, 0.2) is 0 Å². The van der Waals surface area contributed by atoms with Crippen LogP contribution in [0.15, 0.2) is 127 Å². The molecule has 0 aliphatic carbocycles. The fourth-order valence-electron chi connectivity index (χ4n) is 6.81. The van der Waals surface area contributed by atoms with Crippen LogP contribution in [0.1, 0.15) is 0 Å². The van der Waals surface area contributed by atoms with Crippen LogP contribution in [0, 0.1) is 0 Å². The molecule has 8 rings (SSSR count). The standard InChI is InChI=1S/C40H21B5/c41-36-35(37(42)39(44)40(45)38(36)43)28-17-18-31-32(21-28)34(27-16-14-23-8-2-4-10-25(23)20-27)30-12-6-5-11-29(30)33(31)26-15-13-22-7-1-3-9-24(22)19-26/h1-21H. The maximum absolute atomic E-state index is 6.56. The first-order valence-corrected chi connectivity index (χ1v) is 14.9. The molecule has 0 nitrogen and oxygen atoms in total. The molecule has 8 aromatic carbocycles. The van der Waals surface area contributed by atoms with Crippen molar-refractivity contribution in [1.29, 1.82) is 0 Å². The number of hydrogen-bond acceptors (Lipinski definition) is 0. The average molecular weight is 556 g/mol. The van der Waals surface area contributed by atoms with Gasteiger partial charge in [-0.15, -0.1) is 16.4 Å². The van der Waals surface area contributed by atoms with Crippen LogP contribution in [0.2, 0.25) is 0 Å². The molecule has 0 fully saturated rings. The number of benzene rings is 8. The summed E-state index contributed by atoms with van der Waals surface area (Å²) < 4.78 is 0. The minimum Gasteiger partial charge on any atom is -0.112 e. The van der Waals surface area contributed by atoms with Gasteiger partial charge in [0, 0.05) is 0 Å². The molecule has 0 N–H and O–H groups in total. The second-order valence-corrected chi connectivity index (χ2v) is 11.6. The molecule has 0 spiro atoms. The molecule has 0 saturated carbocycles. The van der Waals surface area contributed by atoms with Gasteiger partial charge in [-0.1, -0.05) is 120 Å². The van der Waals surface area contributed by atoms with E-state index in [1.807, 2.05) is 6.07 Å². The Morgan fingerprint density at radius 3 is 1.18 bits per heavy atom. The predicted octanol–water partition coefficient (Wildman–Crippen LogP) is 5.27. The van der Waals surface area contributed by atoms with Gasteiger partial charge in [0.2, 0.25) is 0 Å². The Balaban J connectivity index is 1.53. The third-order valence-electron chi connectivity index (χ3n) is 9.09. The third kappa shape index (κ3) is 4.37. The molecule has 0 saturated heterocycles. The number of rotatable bonds is 3. The molecule has 0 aliphatic heterocycles. The Morgan fingerprint density at radius 2 is 0.644 bits per heavy atom. The van der Waals surface area contributed by atoms with E-state index in [0.29, 0.717) is 16.5 Å². The molecule has 10 radical (unpaired) electrons. The second kappa shape index (κ2) is 10.6. The summed E-state index contributed by atoms with van der Waals surface area (Å²) >= 11 is 0. The van der Waals surface area contributed by atoms with Gasteiger partial charge in [-0.3, -0.25) is 0 Å². The van der Waals surface area contributed by atoms with Crippen LogP contribution in [0.3, 0.4) is 0 Å². The summed E-state index contributed by atoms with van der Waals surface area (Å²) in [6, 6.07) is 45.2. The lowest BCUT2D eigenvalue weighted by molar-refractivity contribution is 1.67. The summed E-state index contributed by atoms with van der Waals surface area (Å²) in [7, 11) is 31.9. The van der Waals surface area contributed by atoms with E-state index >= 15 is 0 Å². The van der Waals surface area contributed by atoms with Gasteiger partial charge < -0.3 is 0 Å². The van der Waals surface area contributed by atoms with Crippen molar-refractivity contribution in [2.45, 2.75) is 0 Å². The quantitative estimate of drug-likeness (QED) is 0.206. The Hall–Kier alpha value is -4.88. The lowest BCUT2D eigenvalue weighted by atomic mass is 9.59. The van der Waals surface area contributed by atoms with Gasteiger partial charge in [-0.2, -0.15) is 0 Å². The van der Waals surface area contributed by atoms with Crippen LogP contribution < -0.4 is 27.3 Å². The minimum absolute atomic E-state index is 0.205. The monoisotopic (exact) mass is 556 g/mol. The third-order valence-corrected chi connectivity index (χ3v) is 9.09. The van der Waals surface area contributed by atoms with Crippen LogP contribution in [0.5, 0.6) is 0 Å². The van der Waals surface area contributed by atoms with Gasteiger partial charge >= 0.3 is 0 Å².